The predicted molar refractivity (Wildman–Crippen MR) is 90.0 cm³/mol. The van der Waals surface area contributed by atoms with Crippen molar-refractivity contribution in [2.45, 2.75) is 38.3 Å². The summed E-state index contributed by atoms with van der Waals surface area (Å²) in [6.45, 7) is 6.53. The first-order valence-electron chi connectivity index (χ1n) is 8.22. The Balaban J connectivity index is 1.76. The van der Waals surface area contributed by atoms with Gasteiger partial charge in [0.1, 0.15) is 0 Å². The molecule has 2 saturated heterocycles. The second kappa shape index (κ2) is 6.37. The summed E-state index contributed by atoms with van der Waals surface area (Å²) in [7, 11) is 0. The van der Waals surface area contributed by atoms with Crippen LogP contribution in [0.3, 0.4) is 0 Å². The maximum atomic E-state index is 11.9. The van der Waals surface area contributed by atoms with Gasteiger partial charge in [0.25, 0.3) is 0 Å². The molecule has 1 aromatic rings. The van der Waals surface area contributed by atoms with Gasteiger partial charge in [0.05, 0.1) is 17.3 Å². The lowest BCUT2D eigenvalue weighted by atomic mass is 9.87. The lowest BCUT2D eigenvalue weighted by molar-refractivity contribution is -0.0711. The largest absolute Gasteiger partial charge is 0.388 e. The van der Waals surface area contributed by atoms with Crippen LogP contribution in [0, 0.1) is 6.92 Å². The number of rotatable bonds is 4. The van der Waals surface area contributed by atoms with Gasteiger partial charge in [0.2, 0.25) is 0 Å². The third-order valence-electron chi connectivity index (χ3n) is 4.90. The lowest BCUT2D eigenvalue weighted by Gasteiger charge is -2.38. The van der Waals surface area contributed by atoms with Crippen LogP contribution in [-0.4, -0.2) is 49.1 Å². The first-order chi connectivity index (χ1) is 11.0. The van der Waals surface area contributed by atoms with Crippen molar-refractivity contribution in [2.75, 3.05) is 36.5 Å². The molecule has 0 spiro atoms. The Morgan fingerprint density at radius 3 is 2.78 bits per heavy atom. The summed E-state index contributed by atoms with van der Waals surface area (Å²) >= 11 is 0. The van der Waals surface area contributed by atoms with E-state index in [0.29, 0.717) is 39.1 Å². The Bertz CT molecular complexity index is 584. The molecule has 2 heterocycles. The van der Waals surface area contributed by atoms with Gasteiger partial charge in [-0.2, -0.15) is 0 Å². The van der Waals surface area contributed by atoms with E-state index in [-0.39, 0.29) is 12.1 Å². The maximum absolute atomic E-state index is 11.9. The zero-order valence-electron chi connectivity index (χ0n) is 13.8. The molecule has 0 saturated carbocycles. The Labute approximate surface area is 136 Å². The van der Waals surface area contributed by atoms with Gasteiger partial charge < -0.3 is 20.5 Å². The number of carbonyl (C=O) groups excluding carboxylic acids is 1. The number of hydrogen-bond donors (Lipinski definition) is 3. The van der Waals surface area contributed by atoms with Gasteiger partial charge in [-0.3, -0.25) is 4.90 Å². The molecule has 6 nitrogen and oxygen atoms in total. The summed E-state index contributed by atoms with van der Waals surface area (Å²) in [6, 6.07) is 5.84. The van der Waals surface area contributed by atoms with Crippen LogP contribution in [0.1, 0.15) is 25.3 Å². The van der Waals surface area contributed by atoms with Gasteiger partial charge in [-0.05, 0) is 31.5 Å². The van der Waals surface area contributed by atoms with Crippen LogP contribution in [0.4, 0.5) is 16.2 Å². The fourth-order valence-electron chi connectivity index (χ4n) is 3.23. The van der Waals surface area contributed by atoms with E-state index in [9.17, 15) is 9.90 Å². The highest BCUT2D eigenvalue weighted by Crippen LogP contribution is 2.30. The fraction of sp³-hybridized carbons (Fsp3) is 0.588. The van der Waals surface area contributed by atoms with Crippen molar-refractivity contribution in [3.8, 4) is 0 Å². The minimum absolute atomic E-state index is 0.0543. The minimum Gasteiger partial charge on any atom is -0.388 e. The number of amides is 2. The molecular formula is C17H25N3O3. The van der Waals surface area contributed by atoms with Crippen LogP contribution in [0.15, 0.2) is 18.2 Å². The molecular weight excluding hydrogens is 294 g/mol. The van der Waals surface area contributed by atoms with Gasteiger partial charge in [-0.1, -0.05) is 6.07 Å². The van der Waals surface area contributed by atoms with Crippen molar-refractivity contribution in [3.05, 3.63) is 23.8 Å². The van der Waals surface area contributed by atoms with E-state index in [1.807, 2.05) is 32.0 Å². The van der Waals surface area contributed by atoms with Crippen LogP contribution in [0.5, 0.6) is 0 Å². The molecule has 2 aliphatic heterocycles. The first-order valence-corrected chi connectivity index (χ1v) is 8.22. The molecule has 2 fully saturated rings. The molecule has 3 rings (SSSR count). The standard InChI is InChI=1S/C17H25N3O3/c1-12-3-4-14(11-15(12)20-8-7-18-16(20)21)19-13(2)17(22)5-9-23-10-6-17/h3-4,11,13,19,22H,5-10H2,1-2H3,(H,18,21). The van der Waals surface area contributed by atoms with E-state index in [0.717, 1.165) is 16.9 Å². The van der Waals surface area contributed by atoms with E-state index >= 15 is 0 Å². The molecule has 3 N–H and O–H groups in total. The average Bonchev–Trinajstić information content (AvgIpc) is 2.96. The van der Waals surface area contributed by atoms with E-state index in [1.165, 1.54) is 0 Å². The predicted octanol–water partition coefficient (Wildman–Crippen LogP) is 1.87. The molecule has 2 aliphatic rings. The van der Waals surface area contributed by atoms with Gasteiger partial charge in [-0.15, -0.1) is 0 Å². The van der Waals surface area contributed by atoms with Crippen molar-refractivity contribution in [2.24, 2.45) is 0 Å². The summed E-state index contributed by atoms with van der Waals surface area (Å²) < 4.78 is 5.34. The quantitative estimate of drug-likeness (QED) is 0.792. The molecule has 0 aromatic heterocycles. The maximum Gasteiger partial charge on any atom is 0.322 e. The molecule has 126 valence electrons. The molecule has 0 radical (unpaired) electrons. The average molecular weight is 319 g/mol. The van der Waals surface area contributed by atoms with Crippen molar-refractivity contribution < 1.29 is 14.6 Å². The fourth-order valence-corrected chi connectivity index (χ4v) is 3.23. The summed E-state index contributed by atoms with van der Waals surface area (Å²) in [5.41, 5.74) is 2.13. The SMILES string of the molecule is Cc1ccc(NC(C)C2(O)CCOCC2)cc1N1CCNC1=O. The van der Waals surface area contributed by atoms with Gasteiger partial charge in [0, 0.05) is 44.8 Å². The number of nitrogens with one attached hydrogen (secondary N) is 2. The Hall–Kier alpha value is -1.79. The van der Waals surface area contributed by atoms with Gasteiger partial charge >= 0.3 is 6.03 Å². The van der Waals surface area contributed by atoms with Crippen molar-refractivity contribution in [3.63, 3.8) is 0 Å². The summed E-state index contributed by atoms with van der Waals surface area (Å²) in [5, 5.41) is 17.0. The monoisotopic (exact) mass is 319 g/mol. The third-order valence-corrected chi connectivity index (χ3v) is 4.90. The van der Waals surface area contributed by atoms with Crippen LogP contribution in [-0.2, 0) is 4.74 Å². The molecule has 0 aliphatic carbocycles. The topological polar surface area (TPSA) is 73.8 Å². The van der Waals surface area contributed by atoms with Crippen LogP contribution in [0.25, 0.3) is 0 Å². The smallest absolute Gasteiger partial charge is 0.322 e. The zero-order valence-corrected chi connectivity index (χ0v) is 13.8. The number of hydrogen-bond acceptors (Lipinski definition) is 4. The summed E-state index contributed by atoms with van der Waals surface area (Å²) in [5.74, 6) is 0. The number of ether oxygens (including phenoxy) is 1. The molecule has 2 amide bonds. The second-order valence-electron chi connectivity index (χ2n) is 6.47. The van der Waals surface area contributed by atoms with Crippen LogP contribution < -0.4 is 15.5 Å². The van der Waals surface area contributed by atoms with E-state index in [2.05, 4.69) is 10.6 Å². The summed E-state index contributed by atoms with van der Waals surface area (Å²) in [6.07, 6.45) is 1.27. The summed E-state index contributed by atoms with van der Waals surface area (Å²) in [4.78, 5) is 13.7. The van der Waals surface area contributed by atoms with Crippen molar-refractivity contribution >= 4 is 17.4 Å². The number of anilines is 2. The van der Waals surface area contributed by atoms with Gasteiger partial charge in [-0.25, -0.2) is 4.79 Å². The number of benzene rings is 1. The molecule has 6 heteroatoms. The number of urea groups is 1. The van der Waals surface area contributed by atoms with Crippen LogP contribution >= 0.6 is 0 Å². The van der Waals surface area contributed by atoms with E-state index in [1.54, 1.807) is 4.90 Å². The van der Waals surface area contributed by atoms with Crippen LogP contribution in [0.2, 0.25) is 0 Å². The van der Waals surface area contributed by atoms with Crippen molar-refractivity contribution in [1.82, 2.24) is 5.32 Å². The highest BCUT2D eigenvalue weighted by atomic mass is 16.5. The second-order valence-corrected chi connectivity index (χ2v) is 6.47. The Morgan fingerprint density at radius 1 is 1.39 bits per heavy atom. The molecule has 1 atom stereocenters. The van der Waals surface area contributed by atoms with E-state index < -0.39 is 5.60 Å². The molecule has 23 heavy (non-hydrogen) atoms. The first kappa shape index (κ1) is 16.1. The number of carbonyl (C=O) groups is 1. The van der Waals surface area contributed by atoms with Crippen molar-refractivity contribution in [1.29, 1.82) is 0 Å². The Kier molecular flexibility index (Phi) is 4.46. The zero-order chi connectivity index (χ0) is 16.4. The number of nitrogens with zero attached hydrogens (tertiary/aromatic N) is 1. The Morgan fingerprint density at radius 2 is 2.13 bits per heavy atom. The number of aliphatic hydroxyl groups is 1. The lowest BCUT2D eigenvalue weighted by Crippen LogP contribution is -2.49. The molecule has 0 bridgehead atoms. The number of aryl methyl sites for hydroxylation is 1. The van der Waals surface area contributed by atoms with Gasteiger partial charge in [0.15, 0.2) is 0 Å². The van der Waals surface area contributed by atoms with E-state index in [4.69, 9.17) is 4.74 Å². The highest BCUT2D eigenvalue weighted by molar-refractivity contribution is 5.95. The highest BCUT2D eigenvalue weighted by Gasteiger charge is 2.35. The molecule has 1 aromatic carbocycles. The third kappa shape index (κ3) is 3.28. The minimum atomic E-state index is -0.756. The normalized spacial score (nSPS) is 21.9. The molecule has 1 unspecified atom stereocenters.